The zero-order valence-corrected chi connectivity index (χ0v) is 9.73. The Morgan fingerprint density at radius 1 is 1.18 bits per heavy atom. The van der Waals surface area contributed by atoms with Gasteiger partial charge in [-0.3, -0.25) is 4.79 Å². The number of rotatable bonds is 1. The molecule has 90 valence electrons. The minimum absolute atomic E-state index is 0.287. The molecule has 0 spiro atoms. The maximum absolute atomic E-state index is 12.3. The summed E-state index contributed by atoms with van der Waals surface area (Å²) in [5.41, 5.74) is -0.753. The number of hydrogen-bond donors (Lipinski definition) is 0. The van der Waals surface area contributed by atoms with Gasteiger partial charge in [-0.2, -0.15) is 13.2 Å². The Hall–Kier alpha value is -1.27. The predicted molar refractivity (Wildman–Crippen MR) is 59.9 cm³/mol. The van der Waals surface area contributed by atoms with Gasteiger partial charge in [-0.1, -0.05) is 11.6 Å². The van der Waals surface area contributed by atoms with E-state index in [2.05, 4.69) is 0 Å². The normalized spacial score (nSPS) is 11.8. The van der Waals surface area contributed by atoms with Crippen molar-refractivity contribution in [3.63, 3.8) is 0 Å². The molecule has 2 aromatic rings. The van der Waals surface area contributed by atoms with Crippen LogP contribution in [0.4, 0.5) is 13.2 Å². The maximum atomic E-state index is 12.3. The van der Waals surface area contributed by atoms with Gasteiger partial charge in [-0.25, -0.2) is 3.96 Å². The van der Waals surface area contributed by atoms with E-state index in [-0.39, 0.29) is 9.90 Å². The van der Waals surface area contributed by atoms with Gasteiger partial charge < -0.3 is 0 Å². The molecule has 2 nitrogen and oxygen atoms in total. The standard InChI is InChI=1S/C10H5ClF3NOS/c11-8-5-9(16)15(17-8)7-3-1-6(2-4-7)10(12,13)14/h1-5H. The molecular formula is C10H5ClF3NOS. The molecule has 17 heavy (non-hydrogen) atoms. The molecule has 0 saturated heterocycles. The van der Waals surface area contributed by atoms with Gasteiger partial charge in [0.15, 0.2) is 0 Å². The quantitative estimate of drug-likeness (QED) is 0.782. The monoisotopic (exact) mass is 279 g/mol. The topological polar surface area (TPSA) is 22.0 Å². The van der Waals surface area contributed by atoms with Crippen molar-refractivity contribution in [3.8, 4) is 5.69 Å². The van der Waals surface area contributed by atoms with Gasteiger partial charge in [0.2, 0.25) is 0 Å². The second-order valence-corrected chi connectivity index (χ2v) is 4.84. The summed E-state index contributed by atoms with van der Waals surface area (Å²) in [6.45, 7) is 0. The first-order valence-electron chi connectivity index (χ1n) is 4.44. The van der Waals surface area contributed by atoms with Crippen molar-refractivity contribution in [2.45, 2.75) is 6.18 Å². The lowest BCUT2D eigenvalue weighted by atomic mass is 10.2. The van der Waals surface area contributed by atoms with Crippen molar-refractivity contribution >= 4 is 23.1 Å². The van der Waals surface area contributed by atoms with Crippen LogP contribution in [-0.2, 0) is 6.18 Å². The molecule has 0 N–H and O–H groups in total. The number of halogens is 4. The molecule has 0 aliphatic carbocycles. The Balaban J connectivity index is 2.43. The van der Waals surface area contributed by atoms with Crippen LogP contribution in [0.15, 0.2) is 35.1 Å². The van der Waals surface area contributed by atoms with E-state index >= 15 is 0 Å². The second-order valence-electron chi connectivity index (χ2n) is 3.22. The van der Waals surface area contributed by atoms with Crippen molar-refractivity contribution in [1.29, 1.82) is 0 Å². The molecule has 0 unspecified atom stereocenters. The highest BCUT2D eigenvalue weighted by molar-refractivity contribution is 7.11. The molecule has 0 saturated carbocycles. The van der Waals surface area contributed by atoms with Crippen LogP contribution in [-0.4, -0.2) is 3.96 Å². The first-order valence-corrected chi connectivity index (χ1v) is 5.59. The minimum atomic E-state index is -4.38. The number of aromatic nitrogens is 1. The van der Waals surface area contributed by atoms with Crippen LogP contribution < -0.4 is 5.56 Å². The van der Waals surface area contributed by atoms with E-state index in [1.165, 1.54) is 22.2 Å². The Bertz CT molecular complexity index is 585. The fraction of sp³-hybridized carbons (Fsp3) is 0.100. The fourth-order valence-corrected chi connectivity index (χ4v) is 2.28. The van der Waals surface area contributed by atoms with E-state index in [9.17, 15) is 18.0 Å². The van der Waals surface area contributed by atoms with E-state index in [0.717, 1.165) is 23.7 Å². The maximum Gasteiger partial charge on any atom is 0.416 e. The van der Waals surface area contributed by atoms with Crippen molar-refractivity contribution in [3.05, 3.63) is 50.6 Å². The number of alkyl halides is 3. The fourth-order valence-electron chi connectivity index (χ4n) is 1.28. The summed E-state index contributed by atoms with van der Waals surface area (Å²) in [5, 5.41) is 0. The molecule has 0 aliphatic heterocycles. The van der Waals surface area contributed by atoms with Crippen LogP contribution in [0, 0.1) is 0 Å². The van der Waals surface area contributed by atoms with Gasteiger partial charge in [0.25, 0.3) is 5.56 Å². The van der Waals surface area contributed by atoms with E-state index < -0.39 is 11.7 Å². The molecule has 2 rings (SSSR count). The largest absolute Gasteiger partial charge is 0.416 e. The zero-order chi connectivity index (χ0) is 12.6. The third kappa shape index (κ3) is 2.53. The van der Waals surface area contributed by atoms with Crippen molar-refractivity contribution in [2.75, 3.05) is 0 Å². The molecule has 1 heterocycles. The summed E-state index contributed by atoms with van der Waals surface area (Å²) < 4.78 is 38.5. The molecule has 0 aliphatic rings. The van der Waals surface area contributed by atoms with Gasteiger partial charge in [0.1, 0.15) is 4.34 Å². The van der Waals surface area contributed by atoms with Crippen molar-refractivity contribution < 1.29 is 13.2 Å². The molecule has 0 bridgehead atoms. The van der Waals surface area contributed by atoms with Crippen molar-refractivity contribution in [1.82, 2.24) is 3.96 Å². The minimum Gasteiger partial charge on any atom is -0.268 e. The number of nitrogens with zero attached hydrogens (tertiary/aromatic N) is 1. The SMILES string of the molecule is O=c1cc(Cl)sn1-c1ccc(C(F)(F)F)cc1. The van der Waals surface area contributed by atoms with Crippen LogP contribution >= 0.6 is 23.1 Å². The van der Waals surface area contributed by atoms with Gasteiger partial charge in [0, 0.05) is 6.07 Å². The molecule has 1 aromatic heterocycles. The van der Waals surface area contributed by atoms with Crippen LogP contribution in [0.5, 0.6) is 0 Å². The van der Waals surface area contributed by atoms with E-state index in [1.54, 1.807) is 0 Å². The summed E-state index contributed by atoms with van der Waals surface area (Å²) in [7, 11) is 0. The lowest BCUT2D eigenvalue weighted by Gasteiger charge is -2.07. The lowest BCUT2D eigenvalue weighted by Crippen LogP contribution is -2.10. The summed E-state index contributed by atoms with van der Waals surface area (Å²) >= 11 is 6.61. The Morgan fingerprint density at radius 2 is 1.76 bits per heavy atom. The molecule has 0 radical (unpaired) electrons. The average molecular weight is 280 g/mol. The average Bonchev–Trinajstić information content (AvgIpc) is 2.57. The highest BCUT2D eigenvalue weighted by Gasteiger charge is 2.30. The number of benzene rings is 1. The molecule has 1 aromatic carbocycles. The zero-order valence-electron chi connectivity index (χ0n) is 8.16. The third-order valence-corrected chi connectivity index (χ3v) is 3.23. The van der Waals surface area contributed by atoms with Crippen LogP contribution in [0.3, 0.4) is 0 Å². The van der Waals surface area contributed by atoms with Gasteiger partial charge in [0.05, 0.1) is 11.3 Å². The van der Waals surface area contributed by atoms with E-state index in [4.69, 9.17) is 11.6 Å². The Morgan fingerprint density at radius 3 is 2.18 bits per heavy atom. The summed E-state index contributed by atoms with van der Waals surface area (Å²) in [6, 6.07) is 5.53. The first kappa shape index (κ1) is 12.2. The summed E-state index contributed by atoms with van der Waals surface area (Å²) in [5.74, 6) is 0. The van der Waals surface area contributed by atoms with E-state index in [0.29, 0.717) is 5.69 Å². The first-order chi connectivity index (χ1) is 7.88. The second kappa shape index (κ2) is 4.19. The van der Waals surface area contributed by atoms with E-state index in [1.807, 2.05) is 0 Å². The highest BCUT2D eigenvalue weighted by atomic mass is 35.5. The third-order valence-electron chi connectivity index (χ3n) is 2.04. The highest BCUT2D eigenvalue weighted by Crippen LogP contribution is 2.29. The van der Waals surface area contributed by atoms with Crippen LogP contribution in [0.2, 0.25) is 4.34 Å². The Labute approximate surface area is 103 Å². The number of hydrogen-bond acceptors (Lipinski definition) is 2. The molecule has 0 fully saturated rings. The van der Waals surface area contributed by atoms with Gasteiger partial charge in [-0.15, -0.1) is 0 Å². The van der Waals surface area contributed by atoms with Crippen LogP contribution in [0.25, 0.3) is 5.69 Å². The van der Waals surface area contributed by atoms with Crippen LogP contribution in [0.1, 0.15) is 5.56 Å². The lowest BCUT2D eigenvalue weighted by molar-refractivity contribution is -0.137. The molecule has 7 heteroatoms. The van der Waals surface area contributed by atoms with Gasteiger partial charge >= 0.3 is 6.18 Å². The summed E-state index contributed by atoms with van der Waals surface area (Å²) in [4.78, 5) is 11.4. The predicted octanol–water partition coefficient (Wildman–Crippen LogP) is 3.57. The molecular weight excluding hydrogens is 275 g/mol. The molecule has 0 atom stereocenters. The Kier molecular flexibility index (Phi) is 3.01. The van der Waals surface area contributed by atoms with Gasteiger partial charge in [-0.05, 0) is 35.8 Å². The summed E-state index contributed by atoms with van der Waals surface area (Å²) in [6.07, 6.45) is -4.38. The van der Waals surface area contributed by atoms with Crippen molar-refractivity contribution in [2.24, 2.45) is 0 Å². The molecule has 0 amide bonds. The smallest absolute Gasteiger partial charge is 0.268 e.